The fourth-order valence-electron chi connectivity index (χ4n) is 3.93. The molecule has 0 aliphatic carbocycles. The van der Waals surface area contributed by atoms with Crippen LogP contribution < -0.4 is 0 Å². The molecule has 35 heavy (non-hydrogen) atoms. The van der Waals surface area contributed by atoms with Crippen molar-refractivity contribution in [3.63, 3.8) is 0 Å². The molecule has 1 radical (unpaired) electrons. The number of ketones is 1. The van der Waals surface area contributed by atoms with Gasteiger partial charge in [-0.05, 0) is 59.2 Å². The topological polar surface area (TPSA) is 74.0 Å². The van der Waals surface area contributed by atoms with Crippen LogP contribution in [0, 0.1) is 23.2 Å². The minimum Gasteiger partial charge on any atom is -0.512 e. The number of aliphatic hydroxyl groups is 1. The van der Waals surface area contributed by atoms with Gasteiger partial charge in [-0.2, -0.15) is 5.26 Å². The molecule has 5 rings (SSSR count). The van der Waals surface area contributed by atoms with Crippen LogP contribution in [-0.2, 0) is 24.9 Å². The van der Waals surface area contributed by atoms with Gasteiger partial charge in [0, 0.05) is 38.1 Å². The summed E-state index contributed by atoms with van der Waals surface area (Å²) in [7, 11) is 0. The number of pyridine rings is 1. The zero-order valence-corrected chi connectivity index (χ0v) is 21.4. The molecule has 1 N–H and O–H groups in total. The van der Waals surface area contributed by atoms with Gasteiger partial charge >= 0.3 is 0 Å². The van der Waals surface area contributed by atoms with E-state index in [1.165, 1.54) is 32.1 Å². The molecule has 0 amide bonds. The van der Waals surface area contributed by atoms with Crippen LogP contribution in [0.2, 0.25) is 0 Å². The molecule has 1 heterocycles. The van der Waals surface area contributed by atoms with Crippen LogP contribution in [0.3, 0.4) is 0 Å². The molecule has 0 atom stereocenters. The first kappa shape index (κ1) is 25.7. The monoisotopic (exact) mass is 640 g/mol. The summed E-state index contributed by atoms with van der Waals surface area (Å²) in [5, 5.41) is 23.5. The molecular formula is C29H20FIrN2O2-. The van der Waals surface area contributed by atoms with Crippen molar-refractivity contribution in [2.75, 3.05) is 0 Å². The van der Waals surface area contributed by atoms with E-state index in [9.17, 15) is 14.4 Å². The van der Waals surface area contributed by atoms with E-state index in [0.717, 1.165) is 43.6 Å². The van der Waals surface area contributed by atoms with Crippen molar-refractivity contribution in [1.82, 2.24) is 4.98 Å². The molecule has 0 aliphatic rings. The fraction of sp³-hybridized carbons (Fsp3) is 0.0690. The Morgan fingerprint density at radius 2 is 1.74 bits per heavy atom. The summed E-state index contributed by atoms with van der Waals surface area (Å²) in [6.45, 7) is 2.85. The van der Waals surface area contributed by atoms with Crippen LogP contribution in [0.15, 0.2) is 84.8 Å². The number of nitrogens with zero attached hydrogens (tertiary/aromatic N) is 2. The van der Waals surface area contributed by atoms with Gasteiger partial charge in [-0.15, -0.1) is 23.6 Å². The molecule has 0 saturated carbocycles. The first-order valence-corrected chi connectivity index (χ1v) is 10.6. The Morgan fingerprint density at radius 1 is 1.00 bits per heavy atom. The van der Waals surface area contributed by atoms with Gasteiger partial charge in [-0.3, -0.25) is 9.78 Å². The molecule has 5 aromatic rings. The van der Waals surface area contributed by atoms with Crippen LogP contribution in [0.4, 0.5) is 4.39 Å². The molecular weight excluding hydrogens is 620 g/mol. The number of aromatic nitrogens is 1. The van der Waals surface area contributed by atoms with E-state index in [2.05, 4.69) is 17.1 Å². The number of benzene rings is 4. The first-order valence-electron chi connectivity index (χ1n) is 10.6. The quantitative estimate of drug-likeness (QED) is 0.0973. The summed E-state index contributed by atoms with van der Waals surface area (Å²) >= 11 is 0. The maximum atomic E-state index is 13.6. The van der Waals surface area contributed by atoms with Crippen LogP contribution >= 0.6 is 0 Å². The van der Waals surface area contributed by atoms with Crippen LogP contribution in [0.5, 0.6) is 0 Å². The summed E-state index contributed by atoms with van der Waals surface area (Å²) in [4.78, 5) is 14.6. The Labute approximate surface area is 215 Å². The van der Waals surface area contributed by atoms with Crippen LogP contribution in [-0.4, -0.2) is 15.9 Å². The third-order valence-electron chi connectivity index (χ3n) is 5.29. The van der Waals surface area contributed by atoms with Crippen LogP contribution in [0.1, 0.15) is 19.4 Å². The second-order valence-corrected chi connectivity index (χ2v) is 7.84. The number of nitriles is 1. The number of carbonyl (C=O) groups excluding carboxylic acids is 1. The van der Waals surface area contributed by atoms with Gasteiger partial charge in [0.05, 0.1) is 11.8 Å². The summed E-state index contributed by atoms with van der Waals surface area (Å²) in [6, 6.07) is 25.8. The molecule has 0 spiro atoms. The number of hydrogen-bond donors (Lipinski definition) is 1. The van der Waals surface area contributed by atoms with Gasteiger partial charge in [0.1, 0.15) is 5.82 Å². The second kappa shape index (κ2) is 11.0. The molecule has 0 fully saturated rings. The molecule has 1 aromatic heterocycles. The Kier molecular flexibility index (Phi) is 8.09. The van der Waals surface area contributed by atoms with Gasteiger partial charge in [0.2, 0.25) is 0 Å². The number of rotatable bonds is 2. The summed E-state index contributed by atoms with van der Waals surface area (Å²) in [5.41, 5.74) is 2.14. The molecule has 0 bridgehead atoms. The van der Waals surface area contributed by atoms with Crippen molar-refractivity contribution in [2.45, 2.75) is 13.8 Å². The Balaban J connectivity index is 0.000000378. The van der Waals surface area contributed by atoms with Crippen molar-refractivity contribution in [3.05, 3.63) is 102 Å². The van der Waals surface area contributed by atoms with Gasteiger partial charge in [-0.1, -0.05) is 47.3 Å². The molecule has 4 aromatic carbocycles. The molecule has 0 unspecified atom stereocenters. The predicted molar refractivity (Wildman–Crippen MR) is 133 cm³/mol. The predicted octanol–water partition coefficient (Wildman–Crippen LogP) is 7.05. The molecule has 0 saturated heterocycles. The van der Waals surface area contributed by atoms with Gasteiger partial charge in [-0.25, -0.2) is 4.39 Å². The van der Waals surface area contributed by atoms with Gasteiger partial charge < -0.3 is 5.11 Å². The van der Waals surface area contributed by atoms with E-state index in [1.54, 1.807) is 12.3 Å². The fourth-order valence-corrected chi connectivity index (χ4v) is 3.93. The van der Waals surface area contributed by atoms with E-state index >= 15 is 0 Å². The maximum Gasteiger partial charge on any atom is 0.155 e. The SMILES string of the molecule is CC(=O)/C=C(/C)O.N#Cc1cc(-c2nccc3c2ccc2cc(F)ccc23)[c-]c2ccccc12.[Ir]. The Hall–Kier alpha value is -3.91. The van der Waals surface area contributed by atoms with Gasteiger partial charge in [0.25, 0.3) is 0 Å². The molecule has 175 valence electrons. The summed E-state index contributed by atoms with van der Waals surface area (Å²) in [6.07, 6.45) is 2.91. The number of hydrogen-bond acceptors (Lipinski definition) is 4. The standard InChI is InChI=1S/C24H12FN2.C5H8O2.Ir/c25-19-6-8-21-16(13-19)5-7-23-22(21)9-10-27-24(23)17-11-15-3-1-2-4-20(15)18(12-17)14-26;1-4(6)3-5(2)7;/h1-10,12-13H;3,6H,1-2H3;/q-1;;/b;4-3-;. The first-order chi connectivity index (χ1) is 16.4. The summed E-state index contributed by atoms with van der Waals surface area (Å²) < 4.78 is 13.6. The van der Waals surface area contributed by atoms with E-state index in [1.807, 2.05) is 48.5 Å². The second-order valence-electron chi connectivity index (χ2n) is 7.84. The smallest absolute Gasteiger partial charge is 0.155 e. The van der Waals surface area contributed by atoms with Crippen molar-refractivity contribution in [1.29, 1.82) is 5.26 Å². The van der Waals surface area contributed by atoms with Crippen molar-refractivity contribution >= 4 is 38.1 Å². The normalized spacial score (nSPS) is 10.9. The Bertz CT molecular complexity index is 1630. The van der Waals surface area contributed by atoms with E-state index in [0.29, 0.717) is 5.56 Å². The van der Waals surface area contributed by atoms with Crippen molar-refractivity contribution in [2.24, 2.45) is 0 Å². The number of carbonyl (C=O) groups is 1. The average Bonchev–Trinajstić information content (AvgIpc) is 2.82. The molecule has 0 aliphatic heterocycles. The largest absolute Gasteiger partial charge is 0.512 e. The minimum atomic E-state index is -0.252. The zero-order valence-electron chi connectivity index (χ0n) is 19.0. The zero-order chi connectivity index (χ0) is 24.2. The number of allylic oxidation sites excluding steroid dienone is 2. The van der Waals surface area contributed by atoms with Crippen molar-refractivity contribution < 1.29 is 34.4 Å². The number of halogens is 1. The van der Waals surface area contributed by atoms with E-state index < -0.39 is 0 Å². The Morgan fingerprint density at radius 3 is 2.43 bits per heavy atom. The average molecular weight is 640 g/mol. The summed E-state index contributed by atoms with van der Waals surface area (Å²) in [5.74, 6) is -0.315. The minimum absolute atomic E-state index is 0. The van der Waals surface area contributed by atoms with E-state index in [4.69, 9.17) is 5.11 Å². The third-order valence-corrected chi connectivity index (χ3v) is 5.29. The van der Waals surface area contributed by atoms with Crippen LogP contribution in [0.25, 0.3) is 43.6 Å². The third kappa shape index (κ3) is 5.60. The number of aliphatic hydroxyl groups excluding tert-OH is 1. The van der Waals surface area contributed by atoms with E-state index in [-0.39, 0.29) is 37.5 Å². The maximum absolute atomic E-state index is 13.6. The number of fused-ring (bicyclic) bond motifs is 4. The van der Waals surface area contributed by atoms with Crippen molar-refractivity contribution in [3.8, 4) is 17.3 Å². The van der Waals surface area contributed by atoms with Gasteiger partial charge in [0.15, 0.2) is 5.78 Å². The molecule has 6 heteroatoms. The molecule has 4 nitrogen and oxygen atoms in total.